The van der Waals surface area contributed by atoms with E-state index in [-0.39, 0.29) is 12.1 Å². The predicted molar refractivity (Wildman–Crippen MR) is 85.4 cm³/mol. The molecule has 1 aliphatic heterocycles. The van der Waals surface area contributed by atoms with Crippen molar-refractivity contribution >= 4 is 0 Å². The monoisotopic (exact) mass is 292 g/mol. The molecule has 0 amide bonds. The fourth-order valence-electron chi connectivity index (χ4n) is 3.10. The van der Waals surface area contributed by atoms with Crippen LogP contribution in [0.15, 0.2) is 30.3 Å². The molecule has 2 rings (SSSR count). The lowest BCUT2D eigenvalue weighted by Crippen LogP contribution is -2.49. The Kier molecular flexibility index (Phi) is 6.18. The lowest BCUT2D eigenvalue weighted by molar-refractivity contribution is -0.0222. The molecule has 4 heteroatoms. The van der Waals surface area contributed by atoms with Gasteiger partial charge in [-0.25, -0.2) is 0 Å². The number of aliphatic hydroxyl groups is 1. The Balaban J connectivity index is 2.05. The molecule has 1 aromatic rings. The number of morpholine rings is 1. The summed E-state index contributed by atoms with van der Waals surface area (Å²) in [7, 11) is 0. The third kappa shape index (κ3) is 4.27. The summed E-state index contributed by atoms with van der Waals surface area (Å²) >= 11 is 0. The van der Waals surface area contributed by atoms with E-state index in [1.54, 1.807) is 0 Å². The van der Waals surface area contributed by atoms with Crippen LogP contribution in [0.3, 0.4) is 0 Å². The highest BCUT2D eigenvalue weighted by Crippen LogP contribution is 2.25. The average Bonchev–Trinajstić information content (AvgIpc) is 2.52. The standard InChI is InChI=1S/C17H28N2O2/c1-3-18-17(14-20,16-7-5-4-6-8-16)9-10-19-11-12-21-15(2)13-19/h4-8,15,18,20H,3,9-14H2,1-2H3. The lowest BCUT2D eigenvalue weighted by Gasteiger charge is -2.37. The van der Waals surface area contributed by atoms with Crippen LogP contribution in [-0.2, 0) is 10.3 Å². The first-order chi connectivity index (χ1) is 10.2. The molecule has 2 N–H and O–H groups in total. The highest BCUT2D eigenvalue weighted by atomic mass is 16.5. The third-order valence-corrected chi connectivity index (χ3v) is 4.29. The Morgan fingerprint density at radius 1 is 1.38 bits per heavy atom. The zero-order chi connectivity index (χ0) is 15.1. The van der Waals surface area contributed by atoms with Crippen molar-refractivity contribution in [1.82, 2.24) is 10.2 Å². The van der Waals surface area contributed by atoms with E-state index >= 15 is 0 Å². The highest BCUT2D eigenvalue weighted by molar-refractivity contribution is 5.24. The van der Waals surface area contributed by atoms with Gasteiger partial charge in [0.1, 0.15) is 0 Å². The molecule has 2 unspecified atom stereocenters. The van der Waals surface area contributed by atoms with Crippen LogP contribution < -0.4 is 5.32 Å². The van der Waals surface area contributed by atoms with Gasteiger partial charge in [-0.15, -0.1) is 0 Å². The molecule has 1 fully saturated rings. The SMILES string of the molecule is CCNC(CO)(CCN1CCOC(C)C1)c1ccccc1. The molecule has 0 saturated carbocycles. The van der Waals surface area contributed by atoms with Gasteiger partial charge in [-0.1, -0.05) is 37.3 Å². The zero-order valence-electron chi connectivity index (χ0n) is 13.2. The molecule has 1 saturated heterocycles. The lowest BCUT2D eigenvalue weighted by atomic mass is 9.87. The first kappa shape index (κ1) is 16.4. The van der Waals surface area contributed by atoms with E-state index in [0.717, 1.165) is 44.8 Å². The smallest absolute Gasteiger partial charge is 0.0681 e. The van der Waals surface area contributed by atoms with Gasteiger partial charge in [-0.3, -0.25) is 4.90 Å². The maximum atomic E-state index is 10.0. The van der Waals surface area contributed by atoms with E-state index in [9.17, 15) is 5.11 Å². The molecule has 118 valence electrons. The van der Waals surface area contributed by atoms with Gasteiger partial charge in [0.05, 0.1) is 24.9 Å². The minimum absolute atomic E-state index is 0.116. The molecule has 0 aromatic heterocycles. The Morgan fingerprint density at radius 2 is 2.14 bits per heavy atom. The van der Waals surface area contributed by atoms with Crippen molar-refractivity contribution in [3.05, 3.63) is 35.9 Å². The number of rotatable bonds is 7. The van der Waals surface area contributed by atoms with E-state index in [2.05, 4.69) is 36.2 Å². The van der Waals surface area contributed by atoms with Crippen LogP contribution in [0.25, 0.3) is 0 Å². The summed E-state index contributed by atoms with van der Waals surface area (Å²) in [4.78, 5) is 2.43. The fourth-order valence-corrected chi connectivity index (χ4v) is 3.10. The normalized spacial score (nSPS) is 22.9. The van der Waals surface area contributed by atoms with Crippen molar-refractivity contribution in [3.8, 4) is 0 Å². The summed E-state index contributed by atoms with van der Waals surface area (Å²) in [5.41, 5.74) is 0.813. The first-order valence-corrected chi connectivity index (χ1v) is 7.95. The molecule has 2 atom stereocenters. The number of ether oxygens (including phenoxy) is 1. The van der Waals surface area contributed by atoms with Crippen molar-refractivity contribution in [2.45, 2.75) is 31.9 Å². The predicted octanol–water partition coefficient (Wildman–Crippen LogP) is 1.59. The maximum Gasteiger partial charge on any atom is 0.0681 e. The van der Waals surface area contributed by atoms with Gasteiger partial charge in [0, 0.05) is 19.6 Å². The Bertz CT molecular complexity index is 413. The Labute approximate surface area is 128 Å². The van der Waals surface area contributed by atoms with Gasteiger partial charge < -0.3 is 15.2 Å². The first-order valence-electron chi connectivity index (χ1n) is 7.95. The van der Waals surface area contributed by atoms with Crippen LogP contribution in [0.2, 0.25) is 0 Å². The topological polar surface area (TPSA) is 44.7 Å². The van der Waals surface area contributed by atoms with E-state index in [0.29, 0.717) is 6.10 Å². The summed E-state index contributed by atoms with van der Waals surface area (Å²) in [5.74, 6) is 0. The average molecular weight is 292 g/mol. The fraction of sp³-hybridized carbons (Fsp3) is 0.647. The van der Waals surface area contributed by atoms with Crippen LogP contribution >= 0.6 is 0 Å². The zero-order valence-corrected chi connectivity index (χ0v) is 13.2. The van der Waals surface area contributed by atoms with Crippen molar-refractivity contribution < 1.29 is 9.84 Å². The molecular weight excluding hydrogens is 264 g/mol. The minimum Gasteiger partial charge on any atom is -0.394 e. The summed E-state index contributed by atoms with van der Waals surface area (Å²) < 4.78 is 5.59. The summed E-state index contributed by atoms with van der Waals surface area (Å²) in [5, 5.41) is 13.5. The number of hydrogen-bond acceptors (Lipinski definition) is 4. The molecule has 0 bridgehead atoms. The van der Waals surface area contributed by atoms with Gasteiger partial charge in [0.25, 0.3) is 0 Å². The summed E-state index contributed by atoms with van der Waals surface area (Å²) in [6, 6.07) is 10.3. The van der Waals surface area contributed by atoms with Crippen molar-refractivity contribution in [3.63, 3.8) is 0 Å². The number of benzene rings is 1. The van der Waals surface area contributed by atoms with E-state index < -0.39 is 0 Å². The largest absolute Gasteiger partial charge is 0.394 e. The van der Waals surface area contributed by atoms with Crippen LogP contribution in [0.1, 0.15) is 25.8 Å². The van der Waals surface area contributed by atoms with Crippen LogP contribution in [0.5, 0.6) is 0 Å². The molecule has 0 aliphatic carbocycles. The molecule has 1 aliphatic rings. The van der Waals surface area contributed by atoms with E-state index in [4.69, 9.17) is 4.74 Å². The molecule has 0 radical (unpaired) electrons. The van der Waals surface area contributed by atoms with Gasteiger partial charge in [0.15, 0.2) is 0 Å². The van der Waals surface area contributed by atoms with Crippen LogP contribution in [-0.4, -0.2) is 55.5 Å². The van der Waals surface area contributed by atoms with E-state index in [1.807, 2.05) is 18.2 Å². The molecule has 1 aromatic carbocycles. The highest BCUT2D eigenvalue weighted by Gasteiger charge is 2.31. The van der Waals surface area contributed by atoms with Crippen LogP contribution in [0, 0.1) is 0 Å². The number of nitrogens with zero attached hydrogens (tertiary/aromatic N) is 1. The number of nitrogens with one attached hydrogen (secondary N) is 1. The maximum absolute atomic E-state index is 10.0. The Morgan fingerprint density at radius 3 is 2.76 bits per heavy atom. The second-order valence-corrected chi connectivity index (χ2v) is 5.87. The van der Waals surface area contributed by atoms with Crippen LogP contribution in [0.4, 0.5) is 0 Å². The molecular formula is C17H28N2O2. The summed E-state index contributed by atoms with van der Waals surface area (Å²) in [6.07, 6.45) is 1.20. The Hall–Kier alpha value is -0.940. The summed E-state index contributed by atoms with van der Waals surface area (Å²) in [6.45, 7) is 8.89. The second kappa shape index (κ2) is 7.90. The quantitative estimate of drug-likeness (QED) is 0.801. The van der Waals surface area contributed by atoms with Crippen molar-refractivity contribution in [2.75, 3.05) is 39.4 Å². The van der Waals surface area contributed by atoms with Gasteiger partial charge in [-0.05, 0) is 25.5 Å². The van der Waals surface area contributed by atoms with Gasteiger partial charge in [0.2, 0.25) is 0 Å². The van der Waals surface area contributed by atoms with Crippen molar-refractivity contribution in [2.24, 2.45) is 0 Å². The third-order valence-electron chi connectivity index (χ3n) is 4.29. The number of likely N-dealkylation sites (N-methyl/N-ethyl adjacent to an activating group) is 1. The number of hydrogen-bond donors (Lipinski definition) is 2. The molecule has 21 heavy (non-hydrogen) atoms. The molecule has 4 nitrogen and oxygen atoms in total. The number of aliphatic hydroxyl groups excluding tert-OH is 1. The molecule has 1 heterocycles. The van der Waals surface area contributed by atoms with Gasteiger partial charge in [-0.2, -0.15) is 0 Å². The second-order valence-electron chi connectivity index (χ2n) is 5.87. The van der Waals surface area contributed by atoms with Crippen molar-refractivity contribution in [1.29, 1.82) is 0 Å². The molecule has 0 spiro atoms. The van der Waals surface area contributed by atoms with E-state index in [1.165, 1.54) is 0 Å². The van der Waals surface area contributed by atoms with Gasteiger partial charge >= 0.3 is 0 Å². The minimum atomic E-state index is -0.350.